The van der Waals surface area contributed by atoms with E-state index in [1.165, 1.54) is 0 Å². The van der Waals surface area contributed by atoms with Gasteiger partial charge in [0.25, 0.3) is 0 Å². The molecule has 2 N–H and O–H groups in total. The van der Waals surface area contributed by atoms with Gasteiger partial charge in [-0.1, -0.05) is 18.9 Å². The molecule has 19 heavy (non-hydrogen) atoms. The highest BCUT2D eigenvalue weighted by Gasteiger charge is 2.25. The summed E-state index contributed by atoms with van der Waals surface area (Å²) in [5.74, 6) is -0.0430. The summed E-state index contributed by atoms with van der Waals surface area (Å²) in [4.78, 5) is 3.97. The van der Waals surface area contributed by atoms with Crippen LogP contribution in [0.4, 0.5) is 0 Å². The minimum Gasteiger partial charge on any atom is -0.323 e. The molecule has 0 radical (unpaired) electrons. The topological polar surface area (TPSA) is 76.3 Å². The molecule has 2 rings (SSSR count). The summed E-state index contributed by atoms with van der Waals surface area (Å²) < 4.78 is 26.3. The van der Waals surface area contributed by atoms with Gasteiger partial charge in [-0.25, -0.2) is 12.7 Å². The van der Waals surface area contributed by atoms with E-state index in [0.717, 1.165) is 31.2 Å². The van der Waals surface area contributed by atoms with Crippen molar-refractivity contribution in [3.05, 3.63) is 30.1 Å². The Kier molecular flexibility index (Phi) is 4.90. The van der Waals surface area contributed by atoms with Crippen molar-refractivity contribution in [3.63, 3.8) is 0 Å². The molecule has 6 heteroatoms. The van der Waals surface area contributed by atoms with Crippen LogP contribution < -0.4 is 5.73 Å². The second kappa shape index (κ2) is 6.45. The number of nitrogens with two attached hydrogens (primary N) is 1. The maximum atomic E-state index is 12.3. The third kappa shape index (κ3) is 3.99. The molecule has 0 spiro atoms. The second-order valence-electron chi connectivity index (χ2n) is 4.98. The number of nitrogens with zero attached hydrogens (tertiary/aromatic N) is 2. The van der Waals surface area contributed by atoms with Gasteiger partial charge in [0.15, 0.2) is 0 Å². The van der Waals surface area contributed by atoms with Gasteiger partial charge in [0.2, 0.25) is 10.0 Å². The zero-order valence-corrected chi connectivity index (χ0v) is 11.8. The van der Waals surface area contributed by atoms with Gasteiger partial charge in [-0.15, -0.1) is 0 Å². The molecular formula is C13H21N3O2S. The zero-order valence-electron chi connectivity index (χ0n) is 11.0. The Morgan fingerprint density at radius 2 is 1.95 bits per heavy atom. The molecule has 2 heterocycles. The first-order valence-corrected chi connectivity index (χ1v) is 8.34. The van der Waals surface area contributed by atoms with E-state index >= 15 is 0 Å². The monoisotopic (exact) mass is 283 g/mol. The smallest absolute Gasteiger partial charge is 0.215 e. The van der Waals surface area contributed by atoms with Crippen LogP contribution in [0, 0.1) is 0 Å². The molecule has 106 valence electrons. The SMILES string of the molecule is NC(CS(=O)(=O)N1CCCCCC1)c1cccnc1. The van der Waals surface area contributed by atoms with Crippen molar-refractivity contribution in [2.75, 3.05) is 18.8 Å². The molecule has 1 aliphatic heterocycles. The molecule has 0 aliphatic carbocycles. The van der Waals surface area contributed by atoms with E-state index in [-0.39, 0.29) is 5.75 Å². The Morgan fingerprint density at radius 3 is 2.53 bits per heavy atom. The van der Waals surface area contributed by atoms with Gasteiger partial charge in [-0.05, 0) is 24.5 Å². The van der Waals surface area contributed by atoms with E-state index < -0.39 is 16.1 Å². The number of pyridine rings is 1. The van der Waals surface area contributed by atoms with Gasteiger partial charge in [0.1, 0.15) is 0 Å². The fraction of sp³-hybridized carbons (Fsp3) is 0.615. The molecule has 0 amide bonds. The molecule has 1 unspecified atom stereocenters. The van der Waals surface area contributed by atoms with E-state index in [4.69, 9.17) is 5.73 Å². The minimum absolute atomic E-state index is 0.0430. The van der Waals surface area contributed by atoms with Crippen LogP contribution in [0.3, 0.4) is 0 Å². The fourth-order valence-corrected chi connectivity index (χ4v) is 4.02. The highest BCUT2D eigenvalue weighted by Crippen LogP contribution is 2.17. The van der Waals surface area contributed by atoms with Crippen molar-refractivity contribution < 1.29 is 8.42 Å². The number of hydrogen-bond donors (Lipinski definition) is 1. The van der Waals surface area contributed by atoms with Gasteiger partial charge in [-0.3, -0.25) is 4.98 Å². The van der Waals surface area contributed by atoms with Crippen LogP contribution in [-0.4, -0.2) is 36.5 Å². The third-order valence-electron chi connectivity index (χ3n) is 3.46. The van der Waals surface area contributed by atoms with Crippen LogP contribution in [-0.2, 0) is 10.0 Å². The van der Waals surface area contributed by atoms with Crippen molar-refractivity contribution in [3.8, 4) is 0 Å². The van der Waals surface area contributed by atoms with Crippen LogP contribution >= 0.6 is 0 Å². The summed E-state index contributed by atoms with van der Waals surface area (Å²) >= 11 is 0. The van der Waals surface area contributed by atoms with Gasteiger partial charge in [-0.2, -0.15) is 0 Å². The summed E-state index contributed by atoms with van der Waals surface area (Å²) in [5, 5.41) is 0. The normalized spacial score (nSPS) is 19.8. The highest BCUT2D eigenvalue weighted by molar-refractivity contribution is 7.89. The van der Waals surface area contributed by atoms with Gasteiger partial charge in [0.05, 0.1) is 5.75 Å². The van der Waals surface area contributed by atoms with Crippen molar-refractivity contribution in [1.29, 1.82) is 0 Å². The molecular weight excluding hydrogens is 262 g/mol. The number of sulfonamides is 1. The Labute approximate surface area is 114 Å². The molecule has 1 atom stereocenters. The molecule has 0 aromatic carbocycles. The summed E-state index contributed by atoms with van der Waals surface area (Å²) in [6, 6.07) is 3.07. The summed E-state index contributed by atoms with van der Waals surface area (Å²) in [6.45, 7) is 1.25. The summed E-state index contributed by atoms with van der Waals surface area (Å²) in [5.41, 5.74) is 6.75. The van der Waals surface area contributed by atoms with Crippen LogP contribution in [0.15, 0.2) is 24.5 Å². The Morgan fingerprint density at radius 1 is 1.26 bits per heavy atom. The lowest BCUT2D eigenvalue weighted by Gasteiger charge is -2.22. The van der Waals surface area contributed by atoms with Crippen LogP contribution in [0.2, 0.25) is 0 Å². The Hall–Kier alpha value is -0.980. The largest absolute Gasteiger partial charge is 0.323 e. The van der Waals surface area contributed by atoms with Gasteiger partial charge >= 0.3 is 0 Å². The predicted octanol–water partition coefficient (Wildman–Crippen LogP) is 1.29. The summed E-state index contributed by atoms with van der Waals surface area (Å²) in [7, 11) is -3.27. The van der Waals surface area contributed by atoms with E-state index in [9.17, 15) is 8.42 Å². The summed E-state index contributed by atoms with van der Waals surface area (Å²) in [6.07, 6.45) is 7.40. The number of aromatic nitrogens is 1. The molecule has 1 fully saturated rings. The van der Waals surface area contributed by atoms with Crippen molar-refractivity contribution in [1.82, 2.24) is 9.29 Å². The maximum absolute atomic E-state index is 12.3. The van der Waals surface area contributed by atoms with Gasteiger partial charge < -0.3 is 5.73 Å². The van der Waals surface area contributed by atoms with Gasteiger partial charge in [0, 0.05) is 31.5 Å². The third-order valence-corrected chi connectivity index (χ3v) is 5.39. The predicted molar refractivity (Wildman–Crippen MR) is 75.0 cm³/mol. The molecule has 0 bridgehead atoms. The molecule has 1 saturated heterocycles. The van der Waals surface area contributed by atoms with Crippen molar-refractivity contribution >= 4 is 10.0 Å². The standard InChI is InChI=1S/C13H21N3O2S/c14-13(12-6-5-7-15-10-12)11-19(17,18)16-8-3-1-2-4-9-16/h5-7,10,13H,1-4,8-9,11,14H2. The van der Waals surface area contributed by atoms with Crippen LogP contribution in [0.1, 0.15) is 37.3 Å². The lowest BCUT2D eigenvalue weighted by Crippen LogP contribution is -2.37. The molecule has 5 nitrogen and oxygen atoms in total. The lowest BCUT2D eigenvalue weighted by atomic mass is 10.2. The molecule has 0 saturated carbocycles. The lowest BCUT2D eigenvalue weighted by molar-refractivity contribution is 0.421. The first-order chi connectivity index (χ1) is 9.09. The van der Waals surface area contributed by atoms with E-state index in [0.29, 0.717) is 13.1 Å². The average Bonchev–Trinajstić information content (AvgIpc) is 2.68. The van der Waals surface area contributed by atoms with Crippen molar-refractivity contribution in [2.24, 2.45) is 5.73 Å². The van der Waals surface area contributed by atoms with E-state index in [1.54, 1.807) is 22.8 Å². The first-order valence-electron chi connectivity index (χ1n) is 6.73. The highest BCUT2D eigenvalue weighted by atomic mass is 32.2. The first kappa shape index (κ1) is 14.4. The van der Waals surface area contributed by atoms with Crippen LogP contribution in [0.5, 0.6) is 0 Å². The Bertz CT molecular complexity index is 482. The van der Waals surface area contributed by atoms with E-state index in [2.05, 4.69) is 4.98 Å². The van der Waals surface area contributed by atoms with E-state index in [1.807, 2.05) is 6.07 Å². The molecule has 1 aromatic rings. The quantitative estimate of drug-likeness (QED) is 0.903. The zero-order chi connectivity index (χ0) is 13.7. The fourth-order valence-electron chi connectivity index (χ4n) is 2.34. The molecule has 1 aromatic heterocycles. The number of hydrogen-bond acceptors (Lipinski definition) is 4. The minimum atomic E-state index is -3.27. The average molecular weight is 283 g/mol. The van der Waals surface area contributed by atoms with Crippen LogP contribution in [0.25, 0.3) is 0 Å². The molecule has 1 aliphatic rings. The maximum Gasteiger partial charge on any atom is 0.215 e. The Balaban J connectivity index is 2.04. The number of rotatable bonds is 4. The van der Waals surface area contributed by atoms with Crippen molar-refractivity contribution in [2.45, 2.75) is 31.7 Å². The second-order valence-corrected chi connectivity index (χ2v) is 7.00.